The number of rotatable bonds is 5. The highest BCUT2D eigenvalue weighted by Gasteiger charge is 2.43. The molecular formula is C16H22N2O6. The van der Waals surface area contributed by atoms with E-state index in [0.717, 1.165) is 23.8 Å². The third-order valence-electron chi connectivity index (χ3n) is 3.89. The lowest BCUT2D eigenvalue weighted by Gasteiger charge is -2.17. The number of nitrogens with zero attached hydrogens (tertiary/aromatic N) is 1. The van der Waals surface area contributed by atoms with Crippen molar-refractivity contribution in [1.82, 2.24) is 9.55 Å². The molecule has 2 rings (SSSR count). The summed E-state index contributed by atoms with van der Waals surface area (Å²) in [6, 6.07) is 0. The van der Waals surface area contributed by atoms with Crippen LogP contribution in [0, 0.1) is 11.8 Å². The molecule has 0 spiro atoms. The van der Waals surface area contributed by atoms with Crippen LogP contribution < -0.4 is 11.2 Å². The molecule has 2 heterocycles. The fraction of sp³-hybridized carbons (Fsp3) is 0.625. The Morgan fingerprint density at radius 1 is 1.29 bits per heavy atom. The number of ether oxygens (including phenoxy) is 1. The van der Waals surface area contributed by atoms with Gasteiger partial charge in [-0.25, -0.2) is 4.79 Å². The standard InChI is InChI=1S/C16H22N2O6/c1-2-3-4-5-6-7-10-8-18(16(23)17-14(10)22)15-13(21)12(20)11(9-19)24-15/h8,11-13,15,19-21H,2-5,9H2,1H3,(H,17,22,23)/t11-,12-,13-,15-/m1/s1. The van der Waals surface area contributed by atoms with Crippen LogP contribution in [0.4, 0.5) is 0 Å². The first-order chi connectivity index (χ1) is 11.5. The highest BCUT2D eigenvalue weighted by molar-refractivity contribution is 5.29. The maximum atomic E-state index is 12.0. The van der Waals surface area contributed by atoms with Crippen molar-refractivity contribution in [2.24, 2.45) is 0 Å². The van der Waals surface area contributed by atoms with E-state index in [1.807, 2.05) is 0 Å². The Labute approximate surface area is 138 Å². The molecule has 1 saturated heterocycles. The molecule has 1 aromatic heterocycles. The van der Waals surface area contributed by atoms with E-state index < -0.39 is 42.4 Å². The molecule has 1 aromatic rings. The summed E-state index contributed by atoms with van der Waals surface area (Å²) in [4.78, 5) is 25.9. The minimum absolute atomic E-state index is 0.0730. The Hall–Kier alpha value is -1.92. The smallest absolute Gasteiger partial charge is 0.330 e. The van der Waals surface area contributed by atoms with Gasteiger partial charge in [-0.05, 0) is 6.42 Å². The number of hydrogen-bond acceptors (Lipinski definition) is 6. The van der Waals surface area contributed by atoms with Gasteiger partial charge in [0.05, 0.1) is 6.61 Å². The summed E-state index contributed by atoms with van der Waals surface area (Å²) in [7, 11) is 0. The fourth-order valence-electron chi connectivity index (χ4n) is 2.49. The molecule has 0 aliphatic carbocycles. The van der Waals surface area contributed by atoms with Gasteiger partial charge in [-0.3, -0.25) is 14.3 Å². The molecular weight excluding hydrogens is 316 g/mol. The van der Waals surface area contributed by atoms with E-state index in [2.05, 4.69) is 23.7 Å². The Morgan fingerprint density at radius 3 is 2.67 bits per heavy atom. The Morgan fingerprint density at radius 2 is 2.04 bits per heavy atom. The first kappa shape index (κ1) is 18.4. The molecule has 132 valence electrons. The normalized spacial score (nSPS) is 26.2. The van der Waals surface area contributed by atoms with Crippen LogP contribution in [0.2, 0.25) is 0 Å². The predicted octanol–water partition coefficient (Wildman–Crippen LogP) is -0.920. The van der Waals surface area contributed by atoms with Gasteiger partial charge in [-0.2, -0.15) is 0 Å². The van der Waals surface area contributed by atoms with Crippen molar-refractivity contribution in [3.63, 3.8) is 0 Å². The number of aliphatic hydroxyl groups is 3. The number of aromatic nitrogens is 2. The number of aliphatic hydroxyl groups excluding tert-OH is 3. The van der Waals surface area contributed by atoms with Gasteiger partial charge in [0.1, 0.15) is 23.9 Å². The van der Waals surface area contributed by atoms with E-state index in [-0.39, 0.29) is 5.56 Å². The van der Waals surface area contributed by atoms with Crippen molar-refractivity contribution in [2.45, 2.75) is 57.1 Å². The van der Waals surface area contributed by atoms with Gasteiger partial charge in [0, 0.05) is 12.6 Å². The van der Waals surface area contributed by atoms with Gasteiger partial charge in [0.15, 0.2) is 6.23 Å². The van der Waals surface area contributed by atoms with Gasteiger partial charge in [-0.15, -0.1) is 0 Å². The molecule has 0 unspecified atom stereocenters. The largest absolute Gasteiger partial charge is 0.394 e. The summed E-state index contributed by atoms with van der Waals surface area (Å²) in [5.74, 6) is 5.59. The zero-order chi connectivity index (χ0) is 17.7. The Bertz CT molecular complexity index is 729. The molecule has 0 amide bonds. The Kier molecular flexibility index (Phi) is 6.34. The molecule has 0 radical (unpaired) electrons. The van der Waals surface area contributed by atoms with Crippen LogP contribution in [0.15, 0.2) is 15.8 Å². The Balaban J connectivity index is 2.27. The molecule has 24 heavy (non-hydrogen) atoms. The van der Waals surface area contributed by atoms with E-state index in [0.29, 0.717) is 6.42 Å². The van der Waals surface area contributed by atoms with Gasteiger partial charge in [-0.1, -0.05) is 31.6 Å². The number of H-pyrrole nitrogens is 1. The van der Waals surface area contributed by atoms with E-state index in [1.165, 1.54) is 6.20 Å². The van der Waals surface area contributed by atoms with Crippen LogP contribution >= 0.6 is 0 Å². The summed E-state index contributed by atoms with van der Waals surface area (Å²) < 4.78 is 6.27. The van der Waals surface area contributed by atoms with Crippen LogP contribution in [0.25, 0.3) is 0 Å². The van der Waals surface area contributed by atoms with Crippen molar-refractivity contribution in [1.29, 1.82) is 0 Å². The second-order valence-corrected chi connectivity index (χ2v) is 5.70. The molecule has 8 nitrogen and oxygen atoms in total. The van der Waals surface area contributed by atoms with Gasteiger partial charge >= 0.3 is 5.69 Å². The lowest BCUT2D eigenvalue weighted by Crippen LogP contribution is -2.38. The summed E-state index contributed by atoms with van der Waals surface area (Å²) in [6.07, 6.45) is -0.0660. The molecule has 0 saturated carbocycles. The van der Waals surface area contributed by atoms with Crippen molar-refractivity contribution in [3.8, 4) is 11.8 Å². The van der Waals surface area contributed by atoms with Gasteiger partial charge in [0.2, 0.25) is 0 Å². The average Bonchev–Trinajstić information content (AvgIpc) is 2.84. The highest BCUT2D eigenvalue weighted by atomic mass is 16.6. The van der Waals surface area contributed by atoms with Crippen LogP contribution in [0.3, 0.4) is 0 Å². The molecule has 1 aliphatic rings. The molecule has 4 atom stereocenters. The monoisotopic (exact) mass is 338 g/mol. The zero-order valence-electron chi connectivity index (χ0n) is 13.4. The minimum Gasteiger partial charge on any atom is -0.394 e. The van der Waals surface area contributed by atoms with Crippen molar-refractivity contribution >= 4 is 0 Å². The minimum atomic E-state index is -1.41. The third-order valence-corrected chi connectivity index (χ3v) is 3.89. The third kappa shape index (κ3) is 3.94. The van der Waals surface area contributed by atoms with Crippen molar-refractivity contribution in [2.75, 3.05) is 6.61 Å². The number of hydrogen-bond donors (Lipinski definition) is 4. The first-order valence-corrected chi connectivity index (χ1v) is 7.96. The van der Waals surface area contributed by atoms with Crippen LogP contribution in [-0.2, 0) is 4.74 Å². The lowest BCUT2D eigenvalue weighted by atomic mass is 10.1. The van der Waals surface area contributed by atoms with Crippen LogP contribution in [-0.4, -0.2) is 49.8 Å². The number of aromatic amines is 1. The number of nitrogens with one attached hydrogen (secondary N) is 1. The van der Waals surface area contributed by atoms with E-state index >= 15 is 0 Å². The van der Waals surface area contributed by atoms with E-state index in [4.69, 9.17) is 9.84 Å². The summed E-state index contributed by atoms with van der Waals surface area (Å²) in [5.41, 5.74) is -1.33. The molecule has 1 fully saturated rings. The van der Waals surface area contributed by atoms with Gasteiger partial charge in [0.25, 0.3) is 5.56 Å². The van der Waals surface area contributed by atoms with Crippen LogP contribution in [0.1, 0.15) is 44.4 Å². The first-order valence-electron chi connectivity index (χ1n) is 7.96. The quantitative estimate of drug-likeness (QED) is 0.406. The summed E-state index contributed by atoms with van der Waals surface area (Å²) in [6.45, 7) is 1.58. The topological polar surface area (TPSA) is 125 Å². The van der Waals surface area contributed by atoms with Crippen LogP contribution in [0.5, 0.6) is 0 Å². The van der Waals surface area contributed by atoms with E-state index in [9.17, 15) is 19.8 Å². The maximum absolute atomic E-state index is 12.0. The maximum Gasteiger partial charge on any atom is 0.330 e. The molecule has 1 aliphatic heterocycles. The second-order valence-electron chi connectivity index (χ2n) is 5.70. The van der Waals surface area contributed by atoms with Crippen molar-refractivity contribution in [3.05, 3.63) is 32.6 Å². The second kappa shape index (κ2) is 8.26. The molecule has 0 bridgehead atoms. The van der Waals surface area contributed by atoms with Gasteiger partial charge < -0.3 is 20.1 Å². The lowest BCUT2D eigenvalue weighted by molar-refractivity contribution is -0.0550. The molecule has 8 heteroatoms. The molecule has 4 N–H and O–H groups in total. The average molecular weight is 338 g/mol. The number of unbranched alkanes of at least 4 members (excludes halogenated alkanes) is 3. The molecule has 0 aromatic carbocycles. The summed E-state index contributed by atoms with van der Waals surface area (Å²) in [5, 5.41) is 28.9. The predicted molar refractivity (Wildman–Crippen MR) is 85.4 cm³/mol. The summed E-state index contributed by atoms with van der Waals surface area (Å²) >= 11 is 0. The highest BCUT2D eigenvalue weighted by Crippen LogP contribution is 2.27. The van der Waals surface area contributed by atoms with E-state index in [1.54, 1.807) is 0 Å². The SMILES string of the molecule is CCCCCC#Cc1cn([C@@H]2O[C@H](CO)[C@@H](O)[C@H]2O)c(=O)[nH]c1=O. The fourth-order valence-corrected chi connectivity index (χ4v) is 2.49. The van der Waals surface area contributed by atoms with Crippen molar-refractivity contribution < 1.29 is 20.1 Å². The zero-order valence-corrected chi connectivity index (χ0v) is 13.4.